The van der Waals surface area contributed by atoms with Gasteiger partial charge in [0.05, 0.1) is 12.6 Å². The fourth-order valence-electron chi connectivity index (χ4n) is 1.79. The quantitative estimate of drug-likeness (QED) is 0.296. The highest BCUT2D eigenvalue weighted by atomic mass is 16.6. The summed E-state index contributed by atoms with van der Waals surface area (Å²) >= 11 is 0. The molecule has 1 fully saturated rings. The Balaban J connectivity index is 1.91. The molecule has 0 radical (unpaired) electrons. The number of aromatic nitrogens is 3. The molecule has 1 aromatic rings. The third-order valence-corrected chi connectivity index (χ3v) is 2.62. The Morgan fingerprint density at radius 2 is 2.50 bits per heavy atom. The number of nitrogens with zero attached hydrogens (tertiary/aromatic N) is 4. The number of nitrogens with one attached hydrogen (secondary N) is 1. The van der Waals surface area contributed by atoms with Gasteiger partial charge in [0.1, 0.15) is 6.10 Å². The maximum Gasteiger partial charge on any atom is 0.490 e. The molecule has 1 aliphatic heterocycles. The zero-order valence-corrected chi connectivity index (χ0v) is 9.35. The van der Waals surface area contributed by atoms with Crippen molar-refractivity contribution in [3.05, 3.63) is 16.4 Å². The number of rotatable bonds is 4. The van der Waals surface area contributed by atoms with Crippen molar-refractivity contribution in [1.82, 2.24) is 20.2 Å². The maximum absolute atomic E-state index is 11.2. The average Bonchev–Trinajstić information content (AvgIpc) is 2.98. The first-order valence-corrected chi connectivity index (χ1v) is 5.30. The highest BCUT2D eigenvalue weighted by molar-refractivity contribution is 5.80. The third-order valence-electron chi connectivity index (χ3n) is 2.62. The fraction of sp³-hybridized carbons (Fsp3) is 0.625. The summed E-state index contributed by atoms with van der Waals surface area (Å²) in [5.41, 5.74) is 2.02. The minimum absolute atomic E-state index is 0.228. The van der Waals surface area contributed by atoms with E-state index in [1.54, 1.807) is 0 Å². The zero-order valence-electron chi connectivity index (χ0n) is 9.35. The van der Waals surface area contributed by atoms with Crippen molar-refractivity contribution in [1.29, 1.82) is 0 Å². The molecule has 10 nitrogen and oxygen atoms in total. The van der Waals surface area contributed by atoms with Gasteiger partial charge >= 0.3 is 5.95 Å². The standard InChI is InChI=1S/C8H12N6O4/c9-11-7(15)6-2-1-5(18-6)3-13-4-10-8(12-13)14(16)17/h4-6H,1-3,9H2,(H,11,15). The minimum atomic E-state index is -0.670. The van der Waals surface area contributed by atoms with E-state index in [9.17, 15) is 14.9 Å². The first-order chi connectivity index (χ1) is 8.60. The molecule has 3 N–H and O–H groups in total. The molecule has 2 atom stereocenters. The van der Waals surface area contributed by atoms with Crippen molar-refractivity contribution in [2.45, 2.75) is 31.6 Å². The topological polar surface area (TPSA) is 138 Å². The Hall–Kier alpha value is -2.07. The molecule has 0 saturated carbocycles. The fourth-order valence-corrected chi connectivity index (χ4v) is 1.79. The van der Waals surface area contributed by atoms with Gasteiger partial charge in [-0.3, -0.25) is 10.2 Å². The van der Waals surface area contributed by atoms with Gasteiger partial charge in [0.25, 0.3) is 5.91 Å². The van der Waals surface area contributed by atoms with Gasteiger partial charge < -0.3 is 14.9 Å². The molecule has 18 heavy (non-hydrogen) atoms. The van der Waals surface area contributed by atoms with Gasteiger partial charge in [0.2, 0.25) is 6.33 Å². The second-order valence-electron chi connectivity index (χ2n) is 3.86. The summed E-state index contributed by atoms with van der Waals surface area (Å²) in [6, 6.07) is 0. The van der Waals surface area contributed by atoms with E-state index in [2.05, 4.69) is 10.1 Å². The lowest BCUT2D eigenvalue weighted by Gasteiger charge is -2.10. The summed E-state index contributed by atoms with van der Waals surface area (Å²) in [5, 5.41) is 14.1. The summed E-state index contributed by atoms with van der Waals surface area (Å²) in [7, 11) is 0. The van der Waals surface area contributed by atoms with E-state index in [0.29, 0.717) is 19.4 Å². The second kappa shape index (κ2) is 5.06. The molecule has 1 aliphatic rings. The minimum Gasteiger partial charge on any atom is -0.390 e. The van der Waals surface area contributed by atoms with Crippen molar-refractivity contribution < 1.29 is 14.5 Å². The van der Waals surface area contributed by atoms with Crippen LogP contribution in [0.5, 0.6) is 0 Å². The summed E-state index contributed by atoms with van der Waals surface area (Å²) in [6.45, 7) is 0.315. The van der Waals surface area contributed by atoms with Crippen LogP contribution in [0.4, 0.5) is 5.95 Å². The number of carbonyl (C=O) groups excluding carboxylic acids is 1. The van der Waals surface area contributed by atoms with Crippen molar-refractivity contribution in [2.75, 3.05) is 0 Å². The molecule has 2 heterocycles. The molecule has 0 spiro atoms. The van der Waals surface area contributed by atoms with Gasteiger partial charge in [-0.25, -0.2) is 5.84 Å². The van der Waals surface area contributed by atoms with Crippen molar-refractivity contribution in [3.63, 3.8) is 0 Å². The molecule has 1 amide bonds. The van der Waals surface area contributed by atoms with Crippen LogP contribution in [0.2, 0.25) is 0 Å². The molecule has 98 valence electrons. The van der Waals surface area contributed by atoms with E-state index in [1.165, 1.54) is 11.0 Å². The van der Waals surface area contributed by atoms with Crippen LogP contribution in [-0.4, -0.2) is 37.8 Å². The number of hydrogen-bond donors (Lipinski definition) is 2. The normalized spacial score (nSPS) is 22.9. The summed E-state index contributed by atoms with van der Waals surface area (Å²) in [5.74, 6) is 4.18. The molecule has 2 rings (SSSR count). The Kier molecular flexibility index (Phi) is 3.48. The number of ether oxygens (including phenoxy) is 1. The number of hydrazine groups is 1. The SMILES string of the molecule is NNC(=O)C1CCC(Cn2cnc([N+](=O)[O-])n2)O1. The predicted octanol–water partition coefficient (Wildman–Crippen LogP) is -1.28. The van der Waals surface area contributed by atoms with Gasteiger partial charge in [-0.1, -0.05) is 4.98 Å². The van der Waals surface area contributed by atoms with E-state index in [1.807, 2.05) is 5.43 Å². The van der Waals surface area contributed by atoms with Crippen molar-refractivity contribution in [3.8, 4) is 0 Å². The highest BCUT2D eigenvalue weighted by Gasteiger charge is 2.31. The van der Waals surface area contributed by atoms with Crippen LogP contribution in [0, 0.1) is 10.1 Å². The first-order valence-electron chi connectivity index (χ1n) is 5.30. The molecule has 0 bridgehead atoms. The Bertz CT molecular complexity index is 460. The molecule has 10 heteroatoms. The summed E-state index contributed by atoms with van der Waals surface area (Å²) in [6.07, 6.45) is 1.68. The van der Waals surface area contributed by atoms with Gasteiger partial charge in [0.15, 0.2) is 0 Å². The predicted molar refractivity (Wildman–Crippen MR) is 56.9 cm³/mol. The largest absolute Gasteiger partial charge is 0.490 e. The lowest BCUT2D eigenvalue weighted by Crippen LogP contribution is -2.39. The molecule has 1 aromatic heterocycles. The number of hydrogen-bond acceptors (Lipinski definition) is 7. The lowest BCUT2D eigenvalue weighted by molar-refractivity contribution is -0.394. The van der Waals surface area contributed by atoms with Crippen molar-refractivity contribution >= 4 is 11.9 Å². The summed E-state index contributed by atoms with van der Waals surface area (Å²) < 4.78 is 6.76. The zero-order chi connectivity index (χ0) is 13.1. The lowest BCUT2D eigenvalue weighted by atomic mass is 10.2. The Morgan fingerprint density at radius 3 is 3.11 bits per heavy atom. The van der Waals surface area contributed by atoms with E-state index in [-0.39, 0.29) is 12.0 Å². The molecule has 0 aliphatic carbocycles. The van der Waals surface area contributed by atoms with Gasteiger partial charge in [-0.2, -0.15) is 4.68 Å². The smallest absolute Gasteiger partial charge is 0.390 e. The summed E-state index contributed by atoms with van der Waals surface area (Å²) in [4.78, 5) is 24.5. The molecule has 1 saturated heterocycles. The van der Waals surface area contributed by atoms with Crippen LogP contribution in [0.15, 0.2) is 6.33 Å². The number of amides is 1. The van der Waals surface area contributed by atoms with Crippen LogP contribution < -0.4 is 11.3 Å². The van der Waals surface area contributed by atoms with E-state index >= 15 is 0 Å². The first kappa shape index (κ1) is 12.4. The van der Waals surface area contributed by atoms with E-state index in [0.717, 1.165) is 0 Å². The third kappa shape index (κ3) is 2.60. The van der Waals surface area contributed by atoms with Crippen molar-refractivity contribution in [2.24, 2.45) is 5.84 Å². The average molecular weight is 256 g/mol. The van der Waals surface area contributed by atoms with Crippen LogP contribution in [0.25, 0.3) is 0 Å². The van der Waals surface area contributed by atoms with E-state index < -0.39 is 17.0 Å². The van der Waals surface area contributed by atoms with Crippen LogP contribution in [0.1, 0.15) is 12.8 Å². The highest BCUT2D eigenvalue weighted by Crippen LogP contribution is 2.21. The Morgan fingerprint density at radius 1 is 1.72 bits per heavy atom. The molecule has 2 unspecified atom stereocenters. The van der Waals surface area contributed by atoms with Crippen LogP contribution >= 0.6 is 0 Å². The molecular formula is C8H12N6O4. The maximum atomic E-state index is 11.2. The second-order valence-corrected chi connectivity index (χ2v) is 3.86. The van der Waals surface area contributed by atoms with E-state index in [4.69, 9.17) is 10.6 Å². The van der Waals surface area contributed by atoms with Gasteiger partial charge in [-0.15, -0.1) is 0 Å². The van der Waals surface area contributed by atoms with Gasteiger partial charge in [-0.05, 0) is 17.8 Å². The Labute approximate surface area is 101 Å². The monoisotopic (exact) mass is 256 g/mol. The van der Waals surface area contributed by atoms with Crippen LogP contribution in [-0.2, 0) is 16.1 Å². The number of carbonyl (C=O) groups is 1. The molecular weight excluding hydrogens is 244 g/mol. The number of nitrogens with two attached hydrogens (primary N) is 1. The number of nitro groups is 1. The van der Waals surface area contributed by atoms with Gasteiger partial charge in [0, 0.05) is 5.10 Å². The molecule has 0 aromatic carbocycles. The van der Waals surface area contributed by atoms with Crippen LogP contribution in [0.3, 0.4) is 0 Å².